The molecule has 1 heterocycles. The Labute approximate surface area is 155 Å². The fraction of sp³-hybridized carbons (Fsp3) is 0.556. The minimum Gasteiger partial charge on any atom is -0.354 e. The van der Waals surface area contributed by atoms with Crippen LogP contribution in [0.1, 0.15) is 30.6 Å². The monoisotopic (exact) mass is 382 g/mol. The summed E-state index contributed by atoms with van der Waals surface area (Å²) in [6.07, 6.45) is 0.762. The minimum absolute atomic E-state index is 0.0458. The van der Waals surface area contributed by atoms with Crippen LogP contribution in [0.25, 0.3) is 0 Å². The number of nitrogens with zero attached hydrogens (tertiary/aromatic N) is 2. The molecule has 0 bridgehead atoms. The second-order valence-corrected chi connectivity index (χ2v) is 8.87. The van der Waals surface area contributed by atoms with Crippen molar-refractivity contribution in [2.24, 2.45) is 0 Å². The van der Waals surface area contributed by atoms with E-state index in [2.05, 4.69) is 26.2 Å². The lowest BCUT2D eigenvalue weighted by molar-refractivity contribution is -0.906. The van der Waals surface area contributed by atoms with Gasteiger partial charge in [-0.05, 0) is 26.0 Å². The maximum absolute atomic E-state index is 12.7. The average Bonchev–Trinajstić information content (AvgIpc) is 2.64. The topological polar surface area (TPSA) is 83.5 Å². The number of carbonyl (C=O) groups excluding carboxylic acids is 2. The van der Waals surface area contributed by atoms with Crippen LogP contribution in [-0.4, -0.2) is 75.2 Å². The van der Waals surface area contributed by atoms with Gasteiger partial charge in [0.15, 0.2) is 11.8 Å². The molecule has 1 atom stereocenters. The van der Waals surface area contributed by atoms with E-state index in [1.807, 2.05) is 0 Å². The molecule has 0 aromatic heterocycles. The number of ketones is 1. The Bertz CT molecular complexity index is 787. The Hall–Kier alpha value is -1.77. The Morgan fingerprint density at radius 2 is 1.85 bits per heavy atom. The fourth-order valence-electron chi connectivity index (χ4n) is 3.09. The first-order chi connectivity index (χ1) is 12.2. The molecular formula is C18H28N3O4S+. The van der Waals surface area contributed by atoms with E-state index < -0.39 is 27.8 Å². The van der Waals surface area contributed by atoms with Crippen LogP contribution in [0.2, 0.25) is 0 Å². The van der Waals surface area contributed by atoms with Crippen molar-refractivity contribution in [1.29, 1.82) is 0 Å². The Morgan fingerprint density at radius 3 is 2.46 bits per heavy atom. The Kier molecular flexibility index (Phi) is 6.21. The zero-order chi connectivity index (χ0) is 19.5. The van der Waals surface area contributed by atoms with Crippen molar-refractivity contribution in [3.8, 4) is 0 Å². The highest BCUT2D eigenvalue weighted by Gasteiger charge is 2.45. The fourth-order valence-corrected chi connectivity index (χ4v) is 4.57. The smallest absolute Gasteiger partial charge is 0.246 e. The Morgan fingerprint density at radius 1 is 1.23 bits per heavy atom. The lowest BCUT2D eigenvalue weighted by Crippen LogP contribution is -2.55. The molecule has 144 valence electrons. The highest BCUT2D eigenvalue weighted by atomic mass is 32.2. The number of nitrogens with one attached hydrogen (secondary N) is 1. The summed E-state index contributed by atoms with van der Waals surface area (Å²) in [5.74, 6) is -1.06. The van der Waals surface area contributed by atoms with Gasteiger partial charge in [0.05, 0.1) is 31.6 Å². The van der Waals surface area contributed by atoms with Crippen molar-refractivity contribution >= 4 is 21.7 Å². The highest BCUT2D eigenvalue weighted by molar-refractivity contribution is 7.89. The van der Waals surface area contributed by atoms with Gasteiger partial charge in [-0.1, -0.05) is 12.1 Å². The number of Topliss-reactive ketones (excluding diaryl/α,β-unsaturated/α-hetero) is 1. The third-order valence-corrected chi connectivity index (χ3v) is 7.25. The van der Waals surface area contributed by atoms with Gasteiger partial charge < -0.3 is 9.80 Å². The summed E-state index contributed by atoms with van der Waals surface area (Å²) in [6, 6.07) is 4.65. The van der Waals surface area contributed by atoms with E-state index in [-0.39, 0.29) is 10.5 Å². The highest BCUT2D eigenvalue weighted by Crippen LogP contribution is 2.28. The van der Waals surface area contributed by atoms with E-state index in [0.29, 0.717) is 6.54 Å². The van der Waals surface area contributed by atoms with Crippen LogP contribution in [0.4, 0.5) is 0 Å². The number of hydrogen-bond acceptors (Lipinski definition) is 4. The average molecular weight is 383 g/mol. The van der Waals surface area contributed by atoms with E-state index in [9.17, 15) is 18.0 Å². The molecule has 0 spiro atoms. The molecule has 0 radical (unpaired) electrons. The van der Waals surface area contributed by atoms with Gasteiger partial charge >= 0.3 is 0 Å². The number of sulfonamides is 1. The summed E-state index contributed by atoms with van der Waals surface area (Å²) in [5.41, 5.74) is 0.0759. The first kappa shape index (κ1) is 20.5. The van der Waals surface area contributed by atoms with Crippen LogP contribution in [-0.2, 0) is 14.8 Å². The van der Waals surface area contributed by atoms with Crippen LogP contribution < -0.4 is 5.32 Å². The molecule has 1 aromatic rings. The molecule has 0 aliphatic carbocycles. The number of carbonyl (C=O) groups is 2. The summed E-state index contributed by atoms with van der Waals surface area (Å²) in [7, 11) is -0.431. The molecule has 26 heavy (non-hydrogen) atoms. The van der Waals surface area contributed by atoms with E-state index in [0.717, 1.165) is 34.8 Å². The van der Waals surface area contributed by atoms with Crippen molar-refractivity contribution in [1.82, 2.24) is 9.62 Å². The van der Waals surface area contributed by atoms with Crippen LogP contribution in [0.5, 0.6) is 0 Å². The van der Waals surface area contributed by atoms with Crippen LogP contribution in [0.15, 0.2) is 29.2 Å². The normalized spacial score (nSPS) is 19.8. The zero-order valence-electron chi connectivity index (χ0n) is 15.9. The summed E-state index contributed by atoms with van der Waals surface area (Å²) < 4.78 is 27.0. The summed E-state index contributed by atoms with van der Waals surface area (Å²) >= 11 is 0. The second kappa shape index (κ2) is 7.85. The van der Waals surface area contributed by atoms with Gasteiger partial charge in [0.1, 0.15) is 0 Å². The molecule has 1 amide bonds. The molecule has 1 unspecified atom stereocenters. The van der Waals surface area contributed by atoms with Gasteiger partial charge in [-0.2, -0.15) is 4.31 Å². The van der Waals surface area contributed by atoms with E-state index in [1.165, 1.54) is 19.2 Å². The summed E-state index contributed by atoms with van der Waals surface area (Å²) in [5, 5.41) is 2.73. The number of likely N-dealkylation sites (N-methyl/N-ethyl adjacent to an activating group) is 1. The number of rotatable bonds is 7. The molecule has 1 N–H and O–H groups in total. The quantitative estimate of drug-likeness (QED) is 0.431. The van der Waals surface area contributed by atoms with Gasteiger partial charge in [-0.3, -0.25) is 9.59 Å². The third kappa shape index (κ3) is 3.82. The third-order valence-electron chi connectivity index (χ3n) is 5.37. The molecule has 0 saturated carbocycles. The summed E-state index contributed by atoms with van der Waals surface area (Å²) in [4.78, 5) is 25.2. The standard InChI is InChI=1S/C18H27N3O4S/c1-5-21(4,6-2)13-9-12-19-18(23)16-17(22)14-10-7-8-11-15(14)26(24,25)20(16)3/h7-8,10-11,16H,5-6,9,12-13H2,1-4H3/p+1. The number of benzene rings is 1. The van der Waals surface area contributed by atoms with E-state index in [1.54, 1.807) is 12.1 Å². The molecule has 0 fully saturated rings. The van der Waals surface area contributed by atoms with E-state index >= 15 is 0 Å². The predicted molar refractivity (Wildman–Crippen MR) is 99.3 cm³/mol. The van der Waals surface area contributed by atoms with E-state index in [4.69, 9.17) is 0 Å². The predicted octanol–water partition coefficient (Wildman–Crippen LogP) is 0.865. The lowest BCUT2D eigenvalue weighted by Gasteiger charge is -2.33. The molecule has 1 aliphatic rings. The molecular weight excluding hydrogens is 354 g/mol. The van der Waals surface area contributed by atoms with Crippen LogP contribution in [0.3, 0.4) is 0 Å². The van der Waals surface area contributed by atoms with Crippen molar-refractivity contribution in [3.05, 3.63) is 29.8 Å². The van der Waals surface area contributed by atoms with Gasteiger partial charge in [0.2, 0.25) is 15.9 Å². The first-order valence-corrected chi connectivity index (χ1v) is 10.3. The van der Waals surface area contributed by atoms with Crippen LogP contribution >= 0.6 is 0 Å². The molecule has 2 rings (SSSR count). The number of fused-ring (bicyclic) bond motifs is 1. The number of amides is 1. The maximum Gasteiger partial charge on any atom is 0.246 e. The molecule has 0 saturated heterocycles. The van der Waals surface area contributed by atoms with Gasteiger partial charge in [-0.25, -0.2) is 8.42 Å². The Balaban J connectivity index is 2.09. The van der Waals surface area contributed by atoms with Crippen molar-refractivity contribution in [3.63, 3.8) is 0 Å². The van der Waals surface area contributed by atoms with Gasteiger partial charge in [-0.15, -0.1) is 0 Å². The largest absolute Gasteiger partial charge is 0.354 e. The van der Waals surface area contributed by atoms with Gasteiger partial charge in [0, 0.05) is 25.6 Å². The summed E-state index contributed by atoms with van der Waals surface area (Å²) in [6.45, 7) is 7.57. The zero-order valence-corrected chi connectivity index (χ0v) is 16.7. The van der Waals surface area contributed by atoms with Crippen molar-refractivity contribution in [2.75, 3.05) is 40.3 Å². The van der Waals surface area contributed by atoms with Crippen molar-refractivity contribution in [2.45, 2.75) is 31.2 Å². The van der Waals surface area contributed by atoms with Crippen LogP contribution in [0, 0.1) is 0 Å². The second-order valence-electron chi connectivity index (χ2n) is 6.90. The SMILES string of the molecule is CC[N+](C)(CC)CCCNC(=O)C1C(=O)c2ccccc2S(=O)(=O)N1C. The molecule has 1 aromatic carbocycles. The maximum atomic E-state index is 12.7. The van der Waals surface area contributed by atoms with Gasteiger partial charge in [0.25, 0.3) is 0 Å². The lowest BCUT2D eigenvalue weighted by atomic mass is 10.0. The first-order valence-electron chi connectivity index (χ1n) is 8.90. The van der Waals surface area contributed by atoms with Crippen molar-refractivity contribution < 1.29 is 22.5 Å². The minimum atomic E-state index is -3.86. The molecule has 8 heteroatoms. The number of hydrogen-bond donors (Lipinski definition) is 1. The molecule has 7 nitrogen and oxygen atoms in total. The number of quaternary nitrogens is 1. The molecule has 1 aliphatic heterocycles.